The molecule has 2 amide bonds. The fourth-order valence-electron chi connectivity index (χ4n) is 2.91. The van der Waals surface area contributed by atoms with E-state index in [4.69, 9.17) is 16.3 Å². The van der Waals surface area contributed by atoms with E-state index in [1.54, 1.807) is 36.2 Å². The van der Waals surface area contributed by atoms with E-state index in [-0.39, 0.29) is 24.0 Å². The standard InChI is InChI=1S/C24H23ClN2O3/c1-17-8-6-7-9-18(17)15-27(2)23(28)16-30-22-13-12-19(25)14-21(22)24(29)26-20-10-4-3-5-11-20/h3-14H,15-16H2,1-2H3,(H,26,29). The Morgan fingerprint density at radius 3 is 2.43 bits per heavy atom. The molecule has 1 N–H and O–H groups in total. The third kappa shape index (κ3) is 5.61. The third-order valence-electron chi connectivity index (χ3n) is 4.66. The lowest BCUT2D eigenvalue weighted by Crippen LogP contribution is -2.31. The van der Waals surface area contributed by atoms with E-state index in [9.17, 15) is 9.59 Å². The van der Waals surface area contributed by atoms with Crippen LogP contribution in [0.3, 0.4) is 0 Å². The fourth-order valence-corrected chi connectivity index (χ4v) is 3.08. The Bertz CT molecular complexity index is 1040. The minimum atomic E-state index is -0.362. The number of rotatable bonds is 7. The third-order valence-corrected chi connectivity index (χ3v) is 4.90. The van der Waals surface area contributed by atoms with Crippen LogP contribution in [0.5, 0.6) is 5.75 Å². The predicted octanol–water partition coefficient (Wildman–Crippen LogP) is 4.94. The van der Waals surface area contributed by atoms with E-state index in [1.165, 1.54) is 6.07 Å². The average Bonchev–Trinajstić information content (AvgIpc) is 2.74. The molecular weight excluding hydrogens is 400 g/mol. The molecule has 0 spiro atoms. The summed E-state index contributed by atoms with van der Waals surface area (Å²) in [6.45, 7) is 2.31. The van der Waals surface area contributed by atoms with Crippen molar-refractivity contribution in [1.82, 2.24) is 4.90 Å². The Labute approximate surface area is 181 Å². The van der Waals surface area contributed by atoms with Crippen LogP contribution in [0.2, 0.25) is 5.02 Å². The maximum absolute atomic E-state index is 12.7. The van der Waals surface area contributed by atoms with E-state index >= 15 is 0 Å². The van der Waals surface area contributed by atoms with Crippen LogP contribution in [0.15, 0.2) is 72.8 Å². The number of hydrogen-bond acceptors (Lipinski definition) is 3. The number of halogens is 1. The Kier molecular flexibility index (Phi) is 7.09. The van der Waals surface area contributed by atoms with Gasteiger partial charge in [0.15, 0.2) is 6.61 Å². The first-order chi connectivity index (χ1) is 14.4. The minimum absolute atomic E-state index is 0.185. The Morgan fingerprint density at radius 1 is 1.00 bits per heavy atom. The van der Waals surface area contributed by atoms with Gasteiger partial charge in [-0.25, -0.2) is 0 Å². The van der Waals surface area contributed by atoms with Crippen LogP contribution in [0.4, 0.5) is 5.69 Å². The van der Waals surface area contributed by atoms with E-state index < -0.39 is 0 Å². The molecule has 3 aromatic carbocycles. The average molecular weight is 423 g/mol. The summed E-state index contributed by atoms with van der Waals surface area (Å²) in [7, 11) is 1.73. The summed E-state index contributed by atoms with van der Waals surface area (Å²) in [5.41, 5.74) is 3.11. The number of hydrogen-bond donors (Lipinski definition) is 1. The summed E-state index contributed by atoms with van der Waals surface area (Å²) < 4.78 is 5.69. The van der Waals surface area contributed by atoms with Gasteiger partial charge in [-0.05, 0) is 48.4 Å². The molecule has 3 aromatic rings. The lowest BCUT2D eigenvalue weighted by molar-refractivity contribution is -0.132. The molecule has 6 heteroatoms. The topological polar surface area (TPSA) is 58.6 Å². The summed E-state index contributed by atoms with van der Waals surface area (Å²) in [6, 6.07) is 21.7. The molecule has 0 radical (unpaired) electrons. The minimum Gasteiger partial charge on any atom is -0.483 e. The summed E-state index contributed by atoms with van der Waals surface area (Å²) in [4.78, 5) is 26.8. The van der Waals surface area contributed by atoms with Gasteiger partial charge in [0.1, 0.15) is 5.75 Å². The molecule has 30 heavy (non-hydrogen) atoms. The van der Waals surface area contributed by atoms with Gasteiger partial charge in [-0.3, -0.25) is 9.59 Å². The van der Waals surface area contributed by atoms with Crippen molar-refractivity contribution in [3.05, 3.63) is 94.5 Å². The maximum Gasteiger partial charge on any atom is 0.260 e. The van der Waals surface area contributed by atoms with Crippen molar-refractivity contribution in [1.29, 1.82) is 0 Å². The second-order valence-corrected chi connectivity index (χ2v) is 7.36. The van der Waals surface area contributed by atoms with Gasteiger partial charge in [0, 0.05) is 24.3 Å². The van der Waals surface area contributed by atoms with Crippen molar-refractivity contribution in [2.45, 2.75) is 13.5 Å². The van der Waals surface area contributed by atoms with Crippen LogP contribution < -0.4 is 10.1 Å². The number of carbonyl (C=O) groups excluding carboxylic acids is 2. The van der Waals surface area contributed by atoms with Crippen LogP contribution >= 0.6 is 11.6 Å². The predicted molar refractivity (Wildman–Crippen MR) is 119 cm³/mol. The molecular formula is C24H23ClN2O3. The molecule has 154 valence electrons. The molecule has 0 saturated carbocycles. The molecule has 0 aromatic heterocycles. The van der Waals surface area contributed by atoms with Crippen molar-refractivity contribution in [3.63, 3.8) is 0 Å². The highest BCUT2D eigenvalue weighted by atomic mass is 35.5. The van der Waals surface area contributed by atoms with Crippen molar-refractivity contribution < 1.29 is 14.3 Å². The van der Waals surface area contributed by atoms with Crippen molar-refractivity contribution >= 4 is 29.1 Å². The van der Waals surface area contributed by atoms with Crippen LogP contribution in [0.1, 0.15) is 21.5 Å². The number of nitrogens with zero attached hydrogens (tertiary/aromatic N) is 1. The normalized spacial score (nSPS) is 10.4. The molecule has 0 aliphatic heterocycles. The lowest BCUT2D eigenvalue weighted by atomic mass is 10.1. The van der Waals surface area contributed by atoms with Gasteiger partial charge >= 0.3 is 0 Å². The van der Waals surface area contributed by atoms with Gasteiger partial charge < -0.3 is 15.0 Å². The van der Waals surface area contributed by atoms with Gasteiger partial charge in [0.2, 0.25) is 0 Å². The number of nitrogens with one attached hydrogen (secondary N) is 1. The zero-order chi connectivity index (χ0) is 21.5. The lowest BCUT2D eigenvalue weighted by Gasteiger charge is -2.19. The molecule has 0 unspecified atom stereocenters. The van der Waals surface area contributed by atoms with Crippen LogP contribution in [0.25, 0.3) is 0 Å². The number of carbonyl (C=O) groups is 2. The summed E-state index contributed by atoms with van der Waals surface area (Å²) >= 11 is 6.07. The van der Waals surface area contributed by atoms with Crippen molar-refractivity contribution in [2.24, 2.45) is 0 Å². The molecule has 0 atom stereocenters. The number of ether oxygens (including phenoxy) is 1. The number of anilines is 1. The zero-order valence-electron chi connectivity index (χ0n) is 16.9. The van der Waals surface area contributed by atoms with Gasteiger partial charge in [0.25, 0.3) is 11.8 Å². The number of aryl methyl sites for hydroxylation is 1. The molecule has 0 aliphatic carbocycles. The molecule has 5 nitrogen and oxygen atoms in total. The van der Waals surface area contributed by atoms with E-state index in [0.717, 1.165) is 11.1 Å². The van der Waals surface area contributed by atoms with Gasteiger partial charge in [0.05, 0.1) is 5.56 Å². The van der Waals surface area contributed by atoms with Crippen molar-refractivity contribution in [3.8, 4) is 5.75 Å². The number of para-hydroxylation sites is 1. The molecule has 0 saturated heterocycles. The van der Waals surface area contributed by atoms with Gasteiger partial charge in [-0.1, -0.05) is 54.1 Å². The van der Waals surface area contributed by atoms with E-state index in [0.29, 0.717) is 23.0 Å². The van der Waals surface area contributed by atoms with Crippen LogP contribution in [0, 0.1) is 6.92 Å². The summed E-state index contributed by atoms with van der Waals surface area (Å²) in [5.74, 6) is -0.257. The first-order valence-electron chi connectivity index (χ1n) is 9.51. The smallest absolute Gasteiger partial charge is 0.260 e. The second kappa shape index (κ2) is 9.94. The first-order valence-corrected chi connectivity index (χ1v) is 9.89. The fraction of sp³-hybridized carbons (Fsp3) is 0.167. The molecule has 3 rings (SSSR count). The second-order valence-electron chi connectivity index (χ2n) is 6.93. The monoisotopic (exact) mass is 422 g/mol. The van der Waals surface area contributed by atoms with Crippen molar-refractivity contribution in [2.75, 3.05) is 19.0 Å². The summed E-state index contributed by atoms with van der Waals surface area (Å²) in [6.07, 6.45) is 0. The Balaban J connectivity index is 1.67. The first kappa shape index (κ1) is 21.4. The van der Waals surface area contributed by atoms with E-state index in [1.807, 2.05) is 49.4 Å². The molecule has 0 bridgehead atoms. The highest BCUT2D eigenvalue weighted by molar-refractivity contribution is 6.31. The number of benzene rings is 3. The SMILES string of the molecule is Cc1ccccc1CN(C)C(=O)COc1ccc(Cl)cc1C(=O)Nc1ccccc1. The molecule has 0 fully saturated rings. The van der Waals surface area contributed by atoms with Gasteiger partial charge in [-0.15, -0.1) is 0 Å². The Morgan fingerprint density at radius 2 is 1.70 bits per heavy atom. The van der Waals surface area contributed by atoms with Crippen LogP contribution in [-0.2, 0) is 11.3 Å². The Hall–Kier alpha value is -3.31. The molecule has 0 aliphatic rings. The zero-order valence-corrected chi connectivity index (χ0v) is 17.6. The maximum atomic E-state index is 12.7. The number of likely N-dealkylation sites (N-methyl/N-ethyl adjacent to an activating group) is 1. The molecule has 0 heterocycles. The van der Waals surface area contributed by atoms with E-state index in [2.05, 4.69) is 5.32 Å². The summed E-state index contributed by atoms with van der Waals surface area (Å²) in [5, 5.41) is 3.21. The van der Waals surface area contributed by atoms with Crippen LogP contribution in [-0.4, -0.2) is 30.4 Å². The highest BCUT2D eigenvalue weighted by Crippen LogP contribution is 2.24. The van der Waals surface area contributed by atoms with Gasteiger partial charge in [-0.2, -0.15) is 0 Å². The quantitative estimate of drug-likeness (QED) is 0.586. The highest BCUT2D eigenvalue weighted by Gasteiger charge is 2.17. The number of amides is 2. The largest absolute Gasteiger partial charge is 0.483 e.